The lowest BCUT2D eigenvalue weighted by molar-refractivity contribution is 0.141. The molecule has 1 saturated heterocycles. The molecule has 2 heterocycles. The molecule has 0 spiro atoms. The van der Waals surface area contributed by atoms with E-state index in [9.17, 15) is 0 Å². The highest BCUT2D eigenvalue weighted by molar-refractivity contribution is 7.09. The van der Waals surface area contributed by atoms with Crippen LogP contribution < -0.4 is 5.32 Å². The Morgan fingerprint density at radius 3 is 3.00 bits per heavy atom. The highest BCUT2D eigenvalue weighted by Gasteiger charge is 2.28. The van der Waals surface area contributed by atoms with Gasteiger partial charge in [0, 0.05) is 49.7 Å². The predicted octanol–water partition coefficient (Wildman–Crippen LogP) is 3.10. The first-order valence-corrected chi connectivity index (χ1v) is 9.06. The lowest BCUT2D eigenvalue weighted by Crippen LogP contribution is -2.54. The van der Waals surface area contributed by atoms with Crippen molar-refractivity contribution in [3.63, 3.8) is 0 Å². The van der Waals surface area contributed by atoms with Gasteiger partial charge in [-0.2, -0.15) is 0 Å². The molecule has 4 heteroatoms. The predicted molar refractivity (Wildman–Crippen MR) is 85.3 cm³/mol. The van der Waals surface area contributed by atoms with Gasteiger partial charge in [0.25, 0.3) is 0 Å². The van der Waals surface area contributed by atoms with E-state index in [4.69, 9.17) is 0 Å². The van der Waals surface area contributed by atoms with Crippen LogP contribution in [0.15, 0.2) is 11.6 Å². The minimum atomic E-state index is 0.570. The van der Waals surface area contributed by atoms with Gasteiger partial charge in [0.2, 0.25) is 0 Å². The molecule has 1 aromatic rings. The number of thiazole rings is 1. The minimum Gasteiger partial charge on any atom is -0.311 e. The first-order chi connectivity index (χ1) is 9.83. The molecule has 20 heavy (non-hydrogen) atoms. The molecule has 2 unspecified atom stereocenters. The number of hydrogen-bond acceptors (Lipinski definition) is 4. The molecule has 0 aromatic carbocycles. The summed E-state index contributed by atoms with van der Waals surface area (Å²) in [5, 5.41) is 7.15. The number of aromatic nitrogens is 1. The molecule has 0 radical (unpaired) electrons. The van der Waals surface area contributed by atoms with Crippen LogP contribution in [0.1, 0.15) is 50.0 Å². The van der Waals surface area contributed by atoms with Crippen LogP contribution in [-0.2, 0) is 0 Å². The van der Waals surface area contributed by atoms with Gasteiger partial charge in [-0.3, -0.25) is 4.90 Å². The van der Waals surface area contributed by atoms with E-state index in [1.165, 1.54) is 56.7 Å². The molecule has 1 N–H and O–H groups in total. The fourth-order valence-electron chi connectivity index (χ4n) is 3.80. The Labute approximate surface area is 126 Å². The monoisotopic (exact) mass is 293 g/mol. The van der Waals surface area contributed by atoms with E-state index < -0.39 is 0 Å². The molecule has 1 aromatic heterocycles. The quantitative estimate of drug-likeness (QED) is 0.924. The van der Waals surface area contributed by atoms with E-state index in [1.807, 2.05) is 6.20 Å². The lowest BCUT2D eigenvalue weighted by atomic mass is 9.83. The fourth-order valence-corrected chi connectivity index (χ4v) is 4.49. The fraction of sp³-hybridized carbons (Fsp3) is 0.812. The largest absolute Gasteiger partial charge is 0.311 e. The van der Waals surface area contributed by atoms with E-state index in [1.54, 1.807) is 11.3 Å². The van der Waals surface area contributed by atoms with Crippen molar-refractivity contribution in [2.24, 2.45) is 5.92 Å². The normalized spacial score (nSPS) is 27.6. The molecule has 3 nitrogen and oxygen atoms in total. The van der Waals surface area contributed by atoms with Crippen molar-refractivity contribution in [3.05, 3.63) is 16.6 Å². The maximum absolute atomic E-state index is 4.47. The zero-order chi connectivity index (χ0) is 13.8. The van der Waals surface area contributed by atoms with Gasteiger partial charge in [0.1, 0.15) is 0 Å². The van der Waals surface area contributed by atoms with Crippen molar-refractivity contribution in [2.75, 3.05) is 26.2 Å². The van der Waals surface area contributed by atoms with Crippen LogP contribution in [0.5, 0.6) is 0 Å². The van der Waals surface area contributed by atoms with E-state index >= 15 is 0 Å². The van der Waals surface area contributed by atoms with Crippen molar-refractivity contribution in [3.8, 4) is 0 Å². The van der Waals surface area contributed by atoms with Crippen LogP contribution in [-0.4, -0.2) is 42.1 Å². The molecule has 0 amide bonds. The van der Waals surface area contributed by atoms with Gasteiger partial charge in [0.15, 0.2) is 0 Å². The Morgan fingerprint density at radius 2 is 2.25 bits per heavy atom. The van der Waals surface area contributed by atoms with Crippen LogP contribution in [0, 0.1) is 5.92 Å². The molecule has 2 atom stereocenters. The van der Waals surface area contributed by atoms with Gasteiger partial charge >= 0.3 is 0 Å². The second kappa shape index (κ2) is 7.01. The van der Waals surface area contributed by atoms with Crippen molar-refractivity contribution in [2.45, 2.75) is 51.0 Å². The summed E-state index contributed by atoms with van der Waals surface area (Å²) in [5.74, 6) is 1.49. The highest BCUT2D eigenvalue weighted by atomic mass is 32.1. The molecule has 1 saturated carbocycles. The van der Waals surface area contributed by atoms with Crippen LogP contribution in [0.3, 0.4) is 0 Å². The molecule has 0 bridgehead atoms. The number of hydrogen-bond donors (Lipinski definition) is 1. The first-order valence-electron chi connectivity index (χ1n) is 8.18. The maximum Gasteiger partial charge on any atom is 0.0965 e. The summed E-state index contributed by atoms with van der Waals surface area (Å²) in [4.78, 5) is 7.12. The van der Waals surface area contributed by atoms with Crippen LogP contribution >= 0.6 is 11.3 Å². The number of nitrogens with zero attached hydrogens (tertiary/aromatic N) is 2. The molecular formula is C16H27N3S. The van der Waals surface area contributed by atoms with Crippen molar-refractivity contribution < 1.29 is 0 Å². The van der Waals surface area contributed by atoms with E-state index in [0.717, 1.165) is 18.5 Å². The Morgan fingerprint density at radius 1 is 1.40 bits per heavy atom. The minimum absolute atomic E-state index is 0.570. The van der Waals surface area contributed by atoms with E-state index in [0.29, 0.717) is 5.92 Å². The van der Waals surface area contributed by atoms with E-state index in [2.05, 4.69) is 27.5 Å². The summed E-state index contributed by atoms with van der Waals surface area (Å²) >= 11 is 1.80. The third kappa shape index (κ3) is 3.60. The molecule has 1 aliphatic heterocycles. The number of rotatable bonds is 4. The number of nitrogens with one attached hydrogen (secondary N) is 1. The summed E-state index contributed by atoms with van der Waals surface area (Å²) in [6, 6.07) is 0.729. The SMILES string of the molecule is CC(CN1CCNC(C2CCCCC2)C1)c1nccs1. The molecule has 3 rings (SSSR count). The Balaban J connectivity index is 1.52. The average molecular weight is 293 g/mol. The summed E-state index contributed by atoms with van der Waals surface area (Å²) < 4.78 is 0. The van der Waals surface area contributed by atoms with Gasteiger partial charge in [-0.05, 0) is 18.8 Å². The molecule has 112 valence electrons. The second-order valence-electron chi connectivity index (χ2n) is 6.49. The summed E-state index contributed by atoms with van der Waals surface area (Å²) in [7, 11) is 0. The first kappa shape index (κ1) is 14.5. The van der Waals surface area contributed by atoms with Crippen molar-refractivity contribution in [1.29, 1.82) is 0 Å². The maximum atomic E-state index is 4.47. The third-order valence-corrected chi connectivity index (χ3v) is 5.92. The molecule has 2 aliphatic rings. The smallest absolute Gasteiger partial charge is 0.0965 e. The number of piperazine rings is 1. The van der Waals surface area contributed by atoms with Crippen molar-refractivity contribution in [1.82, 2.24) is 15.2 Å². The summed E-state index contributed by atoms with van der Waals surface area (Å²) in [5.41, 5.74) is 0. The van der Waals surface area contributed by atoms with Gasteiger partial charge in [-0.15, -0.1) is 11.3 Å². The van der Waals surface area contributed by atoms with Crippen LogP contribution in [0.25, 0.3) is 0 Å². The summed E-state index contributed by atoms with van der Waals surface area (Å²) in [6.45, 7) is 7.07. The summed E-state index contributed by atoms with van der Waals surface area (Å²) in [6.07, 6.45) is 9.14. The lowest BCUT2D eigenvalue weighted by Gasteiger charge is -2.40. The molecular weight excluding hydrogens is 266 g/mol. The Hall–Kier alpha value is -0.450. The van der Waals surface area contributed by atoms with Gasteiger partial charge in [0.05, 0.1) is 5.01 Å². The average Bonchev–Trinajstić information content (AvgIpc) is 3.03. The zero-order valence-electron chi connectivity index (χ0n) is 12.6. The van der Waals surface area contributed by atoms with Crippen LogP contribution in [0.2, 0.25) is 0 Å². The topological polar surface area (TPSA) is 28.2 Å². The van der Waals surface area contributed by atoms with E-state index in [-0.39, 0.29) is 0 Å². The van der Waals surface area contributed by atoms with Gasteiger partial charge < -0.3 is 5.32 Å². The Bertz CT molecular complexity index is 386. The van der Waals surface area contributed by atoms with Gasteiger partial charge in [-0.1, -0.05) is 26.2 Å². The Kier molecular flexibility index (Phi) is 5.08. The second-order valence-corrected chi connectivity index (χ2v) is 7.42. The highest BCUT2D eigenvalue weighted by Crippen LogP contribution is 2.28. The zero-order valence-corrected chi connectivity index (χ0v) is 13.4. The van der Waals surface area contributed by atoms with Crippen molar-refractivity contribution >= 4 is 11.3 Å². The van der Waals surface area contributed by atoms with Gasteiger partial charge in [-0.25, -0.2) is 4.98 Å². The standard InChI is InChI=1S/C16H27N3S/c1-13(16-18-8-10-20-16)11-19-9-7-17-15(12-19)14-5-3-2-4-6-14/h8,10,13-15,17H,2-7,9,11-12H2,1H3. The third-order valence-electron chi connectivity index (χ3n) is 4.91. The van der Waals surface area contributed by atoms with Crippen LogP contribution in [0.4, 0.5) is 0 Å². The molecule has 1 aliphatic carbocycles. The molecule has 2 fully saturated rings.